The van der Waals surface area contributed by atoms with Gasteiger partial charge in [-0.15, -0.1) is 4.36 Å². The van der Waals surface area contributed by atoms with E-state index in [0.29, 0.717) is 32.9 Å². The third-order valence-electron chi connectivity index (χ3n) is 6.85. The number of carbonyl (C=O) groups excluding carboxylic acids is 1. The minimum absolute atomic E-state index is 0.103. The Labute approximate surface area is 199 Å². The van der Waals surface area contributed by atoms with E-state index in [1.54, 1.807) is 30.3 Å². The molecule has 3 aromatic rings. The van der Waals surface area contributed by atoms with Gasteiger partial charge in [0.2, 0.25) is 0 Å². The minimum Gasteiger partial charge on any atom is -0.440 e. The number of aryl methyl sites for hydroxylation is 1. The van der Waals surface area contributed by atoms with Crippen molar-refractivity contribution in [2.24, 2.45) is 9.78 Å². The van der Waals surface area contributed by atoms with Gasteiger partial charge in [0, 0.05) is 30.8 Å². The standard InChI is InChI=1S/C26H29N3O4S/c1-16-13-19(17(2)27-34(32)22-8-6-5-7-18(22)25(31)28-34)24-20(14-16)21(30)15-23(33-24)29-11-9-26(3,4)10-12-29/h5-8,13-15,17H,9-12H2,1-4H3,(H,27,28,31,32)/t17-,34?/m1/s1. The van der Waals surface area contributed by atoms with Crippen molar-refractivity contribution in [3.05, 3.63) is 69.4 Å². The average molecular weight is 480 g/mol. The largest absolute Gasteiger partial charge is 0.440 e. The Kier molecular flexibility index (Phi) is 5.41. The predicted molar refractivity (Wildman–Crippen MR) is 134 cm³/mol. The molecule has 0 radical (unpaired) electrons. The van der Waals surface area contributed by atoms with Gasteiger partial charge in [-0.3, -0.25) is 9.59 Å². The molecule has 5 rings (SSSR count). The number of rotatable bonds is 4. The van der Waals surface area contributed by atoms with Crippen molar-refractivity contribution in [3.8, 4) is 0 Å². The SMILES string of the molecule is Cc1cc([C@@H](C)NS2(=O)=NC(=O)c3ccccc32)c2oc(N3CCC(C)(C)CC3)cc(=O)c2c1. The van der Waals surface area contributed by atoms with Crippen LogP contribution < -0.4 is 15.1 Å². The van der Waals surface area contributed by atoms with E-state index >= 15 is 0 Å². The van der Waals surface area contributed by atoms with Crippen LogP contribution in [0.15, 0.2) is 60.9 Å². The summed E-state index contributed by atoms with van der Waals surface area (Å²) in [4.78, 5) is 27.9. The number of anilines is 1. The van der Waals surface area contributed by atoms with Crippen molar-refractivity contribution in [3.63, 3.8) is 0 Å². The quantitative estimate of drug-likeness (QED) is 0.570. The zero-order valence-corrected chi connectivity index (χ0v) is 20.7. The van der Waals surface area contributed by atoms with Crippen LogP contribution >= 0.6 is 0 Å². The lowest BCUT2D eigenvalue weighted by molar-refractivity contribution is 0.101. The van der Waals surface area contributed by atoms with Crippen molar-refractivity contribution in [2.45, 2.75) is 51.5 Å². The Morgan fingerprint density at radius 1 is 1.12 bits per heavy atom. The molecule has 2 aromatic carbocycles. The second kappa shape index (κ2) is 8.06. The van der Waals surface area contributed by atoms with Gasteiger partial charge in [-0.05, 0) is 55.9 Å². The van der Waals surface area contributed by atoms with Gasteiger partial charge >= 0.3 is 0 Å². The molecule has 0 saturated carbocycles. The monoisotopic (exact) mass is 479 g/mol. The lowest BCUT2D eigenvalue weighted by atomic mass is 9.83. The third kappa shape index (κ3) is 3.95. The van der Waals surface area contributed by atoms with Crippen LogP contribution in [0.2, 0.25) is 0 Å². The van der Waals surface area contributed by atoms with E-state index in [4.69, 9.17) is 4.42 Å². The van der Waals surface area contributed by atoms with Crippen LogP contribution in [-0.4, -0.2) is 23.2 Å². The van der Waals surface area contributed by atoms with Gasteiger partial charge in [-0.25, -0.2) is 8.93 Å². The zero-order chi connectivity index (χ0) is 24.3. The van der Waals surface area contributed by atoms with Crippen molar-refractivity contribution < 1.29 is 13.4 Å². The molecule has 2 atom stereocenters. The maximum atomic E-state index is 13.7. The first-order valence-electron chi connectivity index (χ1n) is 11.6. The highest BCUT2D eigenvalue weighted by Gasteiger charge is 2.31. The van der Waals surface area contributed by atoms with Crippen molar-refractivity contribution in [1.82, 2.24) is 4.72 Å². The molecule has 1 aromatic heterocycles. The van der Waals surface area contributed by atoms with E-state index in [0.717, 1.165) is 31.5 Å². The van der Waals surface area contributed by atoms with E-state index < -0.39 is 21.9 Å². The highest BCUT2D eigenvalue weighted by atomic mass is 32.2. The highest BCUT2D eigenvalue weighted by Crippen LogP contribution is 2.35. The number of hydrogen-bond donors (Lipinski definition) is 1. The summed E-state index contributed by atoms with van der Waals surface area (Å²) in [5.74, 6) is 0.0665. The van der Waals surface area contributed by atoms with Crippen LogP contribution in [0.25, 0.3) is 11.0 Å². The maximum Gasteiger partial charge on any atom is 0.287 e. The molecule has 8 heteroatoms. The number of benzene rings is 2. The van der Waals surface area contributed by atoms with Crippen LogP contribution in [0, 0.1) is 12.3 Å². The smallest absolute Gasteiger partial charge is 0.287 e. The fraction of sp³-hybridized carbons (Fsp3) is 0.385. The Balaban J connectivity index is 1.56. The number of amides is 1. The summed E-state index contributed by atoms with van der Waals surface area (Å²) in [7, 11) is -3.15. The second-order valence-corrected chi connectivity index (χ2v) is 12.0. The molecule has 0 bridgehead atoms. The zero-order valence-electron chi connectivity index (χ0n) is 19.9. The molecule has 178 valence electrons. The summed E-state index contributed by atoms with van der Waals surface area (Å²) in [6.45, 7) is 9.91. The molecular formula is C26H29N3O4S. The molecule has 1 amide bonds. The molecule has 34 heavy (non-hydrogen) atoms. The fourth-order valence-corrected chi connectivity index (χ4v) is 6.66. The fourth-order valence-electron chi connectivity index (χ4n) is 4.72. The van der Waals surface area contributed by atoms with Crippen molar-refractivity contribution in [1.29, 1.82) is 0 Å². The summed E-state index contributed by atoms with van der Waals surface area (Å²) in [6.07, 6.45) is 2.04. The Morgan fingerprint density at radius 2 is 1.82 bits per heavy atom. The van der Waals surface area contributed by atoms with Crippen LogP contribution in [0.3, 0.4) is 0 Å². The van der Waals surface area contributed by atoms with Gasteiger partial charge in [0.1, 0.15) is 15.5 Å². The van der Waals surface area contributed by atoms with Gasteiger partial charge in [0.25, 0.3) is 5.91 Å². The first-order valence-corrected chi connectivity index (χ1v) is 13.1. The Morgan fingerprint density at radius 3 is 2.56 bits per heavy atom. The van der Waals surface area contributed by atoms with Gasteiger partial charge in [-0.2, -0.15) is 0 Å². The van der Waals surface area contributed by atoms with Gasteiger partial charge in [0.15, 0.2) is 11.3 Å². The number of hydrogen-bond acceptors (Lipinski definition) is 5. The van der Waals surface area contributed by atoms with Crippen LogP contribution in [-0.2, 0) is 9.92 Å². The number of nitrogens with zero attached hydrogens (tertiary/aromatic N) is 2. The Hall–Kier alpha value is -2.97. The summed E-state index contributed by atoms with van der Waals surface area (Å²) >= 11 is 0. The summed E-state index contributed by atoms with van der Waals surface area (Å²) in [6, 6.07) is 11.6. The first kappa shape index (κ1) is 22.8. The minimum atomic E-state index is -3.15. The lowest BCUT2D eigenvalue weighted by Gasteiger charge is -2.37. The number of nitrogens with one attached hydrogen (secondary N) is 1. The van der Waals surface area contributed by atoms with E-state index in [9.17, 15) is 13.8 Å². The van der Waals surface area contributed by atoms with E-state index in [1.807, 2.05) is 26.0 Å². The molecule has 0 spiro atoms. The average Bonchev–Trinajstić information content (AvgIpc) is 3.03. The van der Waals surface area contributed by atoms with E-state index in [1.165, 1.54) is 0 Å². The normalized spacial score (nSPS) is 22.5. The van der Waals surface area contributed by atoms with Crippen LogP contribution in [0.5, 0.6) is 0 Å². The topological polar surface area (TPSA) is 92.0 Å². The summed E-state index contributed by atoms with van der Waals surface area (Å²) in [5.41, 5.74) is 2.60. The Bertz CT molecular complexity index is 1490. The van der Waals surface area contributed by atoms with Gasteiger partial charge < -0.3 is 9.32 Å². The second-order valence-electron chi connectivity index (χ2n) is 10.1. The molecule has 1 N–H and O–H groups in total. The summed E-state index contributed by atoms with van der Waals surface area (Å²) < 4.78 is 27.0. The summed E-state index contributed by atoms with van der Waals surface area (Å²) in [5, 5.41) is 0.486. The van der Waals surface area contributed by atoms with E-state index in [-0.39, 0.29) is 10.8 Å². The first-order chi connectivity index (χ1) is 16.1. The lowest BCUT2D eigenvalue weighted by Crippen LogP contribution is -2.37. The molecule has 2 aliphatic heterocycles. The maximum absolute atomic E-state index is 13.7. The number of piperidine rings is 1. The molecule has 0 aliphatic carbocycles. The van der Waals surface area contributed by atoms with Crippen molar-refractivity contribution in [2.75, 3.05) is 18.0 Å². The van der Waals surface area contributed by atoms with Gasteiger partial charge in [0.05, 0.1) is 15.8 Å². The third-order valence-corrected chi connectivity index (χ3v) is 8.90. The molecule has 7 nitrogen and oxygen atoms in total. The van der Waals surface area contributed by atoms with E-state index in [2.05, 4.69) is 27.8 Å². The predicted octanol–water partition coefficient (Wildman–Crippen LogP) is 4.97. The molecule has 2 aliphatic rings. The molecular weight excluding hydrogens is 450 g/mol. The van der Waals surface area contributed by atoms with Crippen molar-refractivity contribution >= 4 is 32.7 Å². The van der Waals surface area contributed by atoms with Crippen LogP contribution in [0.1, 0.15) is 61.1 Å². The van der Waals surface area contributed by atoms with Crippen LogP contribution in [0.4, 0.5) is 5.88 Å². The number of fused-ring (bicyclic) bond motifs is 2. The molecule has 1 unspecified atom stereocenters. The highest BCUT2D eigenvalue weighted by molar-refractivity contribution is 7.92. The molecule has 1 fully saturated rings. The van der Waals surface area contributed by atoms with Gasteiger partial charge in [-0.1, -0.05) is 32.0 Å². The molecule has 1 saturated heterocycles. The number of carbonyl (C=O) groups is 1. The molecule has 3 heterocycles.